The largest absolute Gasteiger partial charge is 0.317 e. The van der Waals surface area contributed by atoms with Gasteiger partial charge in [0.2, 0.25) is 0 Å². The first-order valence-corrected chi connectivity index (χ1v) is 7.44. The van der Waals surface area contributed by atoms with Crippen LogP contribution in [0.1, 0.15) is 32.3 Å². The summed E-state index contributed by atoms with van der Waals surface area (Å²) in [6.07, 6.45) is 2.36. The highest BCUT2D eigenvalue weighted by molar-refractivity contribution is 5.17. The average Bonchev–Trinajstić information content (AvgIpc) is 2.38. The molecule has 0 spiro atoms. The third-order valence-electron chi connectivity index (χ3n) is 3.99. The topological polar surface area (TPSA) is 15.3 Å². The summed E-state index contributed by atoms with van der Waals surface area (Å²) >= 11 is 0. The maximum Gasteiger partial charge on any atom is 0.126 e. The van der Waals surface area contributed by atoms with E-state index in [-0.39, 0.29) is 0 Å². The second-order valence-corrected chi connectivity index (χ2v) is 5.99. The van der Waals surface area contributed by atoms with Crippen molar-refractivity contribution in [1.82, 2.24) is 10.2 Å². The van der Waals surface area contributed by atoms with E-state index in [1.807, 2.05) is 0 Å². The number of nitrogens with one attached hydrogen (secondary N) is 1. The molecule has 1 aromatic rings. The predicted octanol–water partition coefficient (Wildman–Crippen LogP) is 3.17. The summed E-state index contributed by atoms with van der Waals surface area (Å²) in [5.41, 5.74) is 0.713. The van der Waals surface area contributed by atoms with Gasteiger partial charge in [-0.2, -0.15) is 0 Å². The van der Waals surface area contributed by atoms with Crippen LogP contribution in [0.2, 0.25) is 0 Å². The third kappa shape index (κ3) is 4.53. The van der Waals surface area contributed by atoms with Crippen molar-refractivity contribution >= 4 is 0 Å². The van der Waals surface area contributed by atoms with Crippen LogP contribution < -0.4 is 5.32 Å². The number of rotatable bonds is 5. The quantitative estimate of drug-likeness (QED) is 0.892. The molecule has 1 aromatic carbocycles. The minimum atomic E-state index is -0.495. The Morgan fingerprint density at radius 1 is 1.15 bits per heavy atom. The van der Waals surface area contributed by atoms with Crippen LogP contribution in [-0.4, -0.2) is 30.6 Å². The van der Waals surface area contributed by atoms with E-state index in [9.17, 15) is 8.78 Å². The minimum absolute atomic E-state index is 0.371. The van der Waals surface area contributed by atoms with Crippen molar-refractivity contribution in [3.63, 3.8) is 0 Å². The second kappa shape index (κ2) is 7.14. The number of nitrogens with zero attached hydrogens (tertiary/aromatic N) is 1. The summed E-state index contributed by atoms with van der Waals surface area (Å²) in [6.45, 7) is 8.03. The lowest BCUT2D eigenvalue weighted by atomic mass is 9.96. The SMILES string of the molecule is CC(C)N(Cc1cc(F)cc(F)c1)CC1CCNCC1. The maximum absolute atomic E-state index is 13.3. The Labute approximate surface area is 120 Å². The van der Waals surface area contributed by atoms with Gasteiger partial charge in [0.25, 0.3) is 0 Å². The van der Waals surface area contributed by atoms with E-state index in [0.29, 0.717) is 24.1 Å². The lowest BCUT2D eigenvalue weighted by Crippen LogP contribution is -2.39. The molecule has 0 atom stereocenters. The highest BCUT2D eigenvalue weighted by atomic mass is 19.1. The Hall–Kier alpha value is -1.00. The summed E-state index contributed by atoms with van der Waals surface area (Å²) in [7, 11) is 0. The Morgan fingerprint density at radius 3 is 2.30 bits per heavy atom. The number of halogens is 2. The molecule has 0 radical (unpaired) electrons. The van der Waals surface area contributed by atoms with Gasteiger partial charge in [0.15, 0.2) is 0 Å². The van der Waals surface area contributed by atoms with E-state index in [1.54, 1.807) is 0 Å². The zero-order chi connectivity index (χ0) is 14.5. The zero-order valence-electron chi connectivity index (χ0n) is 12.3. The standard InChI is InChI=1S/C16H24F2N2/c1-12(2)20(10-13-3-5-19-6-4-13)11-14-7-15(17)9-16(18)8-14/h7-9,12-13,19H,3-6,10-11H2,1-2H3. The van der Waals surface area contributed by atoms with Gasteiger partial charge in [-0.1, -0.05) is 0 Å². The minimum Gasteiger partial charge on any atom is -0.317 e. The summed E-state index contributed by atoms with van der Waals surface area (Å²) < 4.78 is 26.5. The monoisotopic (exact) mass is 282 g/mol. The predicted molar refractivity (Wildman–Crippen MR) is 77.5 cm³/mol. The van der Waals surface area contributed by atoms with Gasteiger partial charge >= 0.3 is 0 Å². The first-order valence-electron chi connectivity index (χ1n) is 7.44. The van der Waals surface area contributed by atoms with E-state index >= 15 is 0 Å². The lowest BCUT2D eigenvalue weighted by Gasteiger charge is -2.32. The maximum atomic E-state index is 13.3. The molecular formula is C16H24F2N2. The highest BCUT2D eigenvalue weighted by Gasteiger charge is 2.19. The van der Waals surface area contributed by atoms with Crippen molar-refractivity contribution in [2.75, 3.05) is 19.6 Å². The molecule has 20 heavy (non-hydrogen) atoms. The Morgan fingerprint density at radius 2 is 1.75 bits per heavy atom. The average molecular weight is 282 g/mol. The van der Waals surface area contributed by atoms with Crippen LogP contribution in [0, 0.1) is 17.6 Å². The molecule has 0 amide bonds. The lowest BCUT2D eigenvalue weighted by molar-refractivity contribution is 0.161. The first-order chi connectivity index (χ1) is 9.54. The van der Waals surface area contributed by atoms with E-state index in [0.717, 1.165) is 25.7 Å². The molecule has 1 saturated heterocycles. The molecule has 2 nitrogen and oxygen atoms in total. The fourth-order valence-corrected chi connectivity index (χ4v) is 2.79. The second-order valence-electron chi connectivity index (χ2n) is 5.99. The van der Waals surface area contributed by atoms with Crippen LogP contribution >= 0.6 is 0 Å². The summed E-state index contributed by atoms with van der Waals surface area (Å²) in [5, 5.41) is 3.36. The number of piperidine rings is 1. The summed E-state index contributed by atoms with van der Waals surface area (Å²) in [6, 6.07) is 4.16. The molecule has 112 valence electrons. The van der Waals surface area contributed by atoms with Gasteiger partial charge in [-0.3, -0.25) is 4.90 Å². The van der Waals surface area contributed by atoms with E-state index in [1.165, 1.54) is 25.0 Å². The van der Waals surface area contributed by atoms with Crippen LogP contribution in [-0.2, 0) is 6.54 Å². The Bertz CT molecular complexity index is 408. The summed E-state index contributed by atoms with van der Waals surface area (Å²) in [5.74, 6) is -0.312. The van der Waals surface area contributed by atoms with Gasteiger partial charge < -0.3 is 5.32 Å². The highest BCUT2D eigenvalue weighted by Crippen LogP contribution is 2.18. The normalized spacial score (nSPS) is 17.1. The Kier molecular flexibility index (Phi) is 5.49. The molecule has 0 bridgehead atoms. The smallest absolute Gasteiger partial charge is 0.126 e. The molecule has 0 unspecified atom stereocenters. The molecule has 1 aliphatic rings. The Balaban J connectivity index is 2.00. The van der Waals surface area contributed by atoms with Gasteiger partial charge in [-0.05, 0) is 63.4 Å². The molecule has 0 aliphatic carbocycles. The van der Waals surface area contributed by atoms with E-state index < -0.39 is 11.6 Å². The molecule has 4 heteroatoms. The van der Waals surface area contributed by atoms with Crippen LogP contribution in [0.4, 0.5) is 8.78 Å². The first kappa shape index (κ1) is 15.4. The van der Waals surface area contributed by atoms with Gasteiger partial charge in [-0.15, -0.1) is 0 Å². The fourth-order valence-electron chi connectivity index (χ4n) is 2.79. The molecule has 1 aliphatic heterocycles. The molecule has 2 rings (SSSR count). The van der Waals surface area contributed by atoms with Crippen molar-refractivity contribution in [3.05, 3.63) is 35.4 Å². The van der Waals surface area contributed by atoms with Gasteiger partial charge in [-0.25, -0.2) is 8.78 Å². The number of benzene rings is 1. The molecule has 1 heterocycles. The van der Waals surface area contributed by atoms with Crippen LogP contribution in [0.25, 0.3) is 0 Å². The van der Waals surface area contributed by atoms with Crippen LogP contribution in [0.3, 0.4) is 0 Å². The van der Waals surface area contributed by atoms with Crippen molar-refractivity contribution in [1.29, 1.82) is 0 Å². The molecular weight excluding hydrogens is 258 g/mol. The van der Waals surface area contributed by atoms with Crippen LogP contribution in [0.15, 0.2) is 18.2 Å². The number of hydrogen-bond donors (Lipinski definition) is 1. The van der Waals surface area contributed by atoms with Gasteiger partial charge in [0, 0.05) is 25.2 Å². The van der Waals surface area contributed by atoms with E-state index in [4.69, 9.17) is 0 Å². The molecule has 1 fully saturated rings. The summed E-state index contributed by atoms with van der Waals surface area (Å²) in [4.78, 5) is 2.31. The molecule has 0 saturated carbocycles. The molecule has 1 N–H and O–H groups in total. The van der Waals surface area contributed by atoms with Crippen molar-refractivity contribution in [2.24, 2.45) is 5.92 Å². The zero-order valence-corrected chi connectivity index (χ0v) is 12.3. The fraction of sp³-hybridized carbons (Fsp3) is 0.625. The van der Waals surface area contributed by atoms with Gasteiger partial charge in [0.1, 0.15) is 11.6 Å². The molecule has 0 aromatic heterocycles. The van der Waals surface area contributed by atoms with Crippen LogP contribution in [0.5, 0.6) is 0 Å². The van der Waals surface area contributed by atoms with E-state index in [2.05, 4.69) is 24.1 Å². The third-order valence-corrected chi connectivity index (χ3v) is 3.99. The van der Waals surface area contributed by atoms with Crippen molar-refractivity contribution < 1.29 is 8.78 Å². The van der Waals surface area contributed by atoms with Gasteiger partial charge in [0.05, 0.1) is 0 Å². The number of hydrogen-bond acceptors (Lipinski definition) is 2. The van der Waals surface area contributed by atoms with Crippen molar-refractivity contribution in [2.45, 2.75) is 39.3 Å². The van der Waals surface area contributed by atoms with Crippen molar-refractivity contribution in [3.8, 4) is 0 Å².